The van der Waals surface area contributed by atoms with Crippen LogP contribution in [0.3, 0.4) is 0 Å². The molecule has 0 aliphatic carbocycles. The number of anilines is 1. The number of nitrogens with one attached hydrogen (secondary N) is 3. The lowest BCUT2D eigenvalue weighted by atomic mass is 10.0. The van der Waals surface area contributed by atoms with Crippen LogP contribution in [0.4, 0.5) is 5.69 Å². The van der Waals surface area contributed by atoms with Crippen LogP contribution in [0.5, 0.6) is 0 Å². The molecule has 1 aromatic carbocycles. The Morgan fingerprint density at radius 1 is 1.26 bits per heavy atom. The van der Waals surface area contributed by atoms with Crippen LogP contribution < -0.4 is 16.0 Å². The summed E-state index contributed by atoms with van der Waals surface area (Å²) in [7, 11) is 0. The predicted molar refractivity (Wildman–Crippen MR) is 122 cm³/mol. The fraction of sp³-hybridized carbons (Fsp3) is 0.600. The number of hydrogen-bond acceptors (Lipinski definition) is 3. The highest BCUT2D eigenvalue weighted by molar-refractivity contribution is 14.0. The molecule has 6 nitrogen and oxygen atoms in total. The van der Waals surface area contributed by atoms with Crippen molar-refractivity contribution in [2.75, 3.05) is 25.0 Å². The second-order valence-corrected chi connectivity index (χ2v) is 7.29. The molecule has 1 aromatic rings. The van der Waals surface area contributed by atoms with Gasteiger partial charge in [-0.15, -0.1) is 24.0 Å². The molecule has 1 saturated heterocycles. The van der Waals surface area contributed by atoms with Gasteiger partial charge >= 0.3 is 0 Å². The van der Waals surface area contributed by atoms with Gasteiger partial charge in [-0.1, -0.05) is 26.0 Å². The highest BCUT2D eigenvalue weighted by atomic mass is 127. The van der Waals surface area contributed by atoms with E-state index in [1.54, 1.807) is 0 Å². The van der Waals surface area contributed by atoms with E-state index in [9.17, 15) is 4.79 Å². The Hall–Kier alpha value is -1.35. The van der Waals surface area contributed by atoms with Gasteiger partial charge in [-0.3, -0.25) is 4.79 Å². The third-order valence-electron chi connectivity index (χ3n) is 4.44. The fourth-order valence-electron chi connectivity index (χ4n) is 2.74. The molecule has 0 bridgehead atoms. The van der Waals surface area contributed by atoms with Gasteiger partial charge < -0.3 is 20.7 Å². The Morgan fingerprint density at radius 2 is 1.96 bits per heavy atom. The summed E-state index contributed by atoms with van der Waals surface area (Å²) in [6.45, 7) is 10.9. The number of hydrogen-bond donors (Lipinski definition) is 3. The summed E-state index contributed by atoms with van der Waals surface area (Å²) in [5.74, 6) is 0.789. The molecule has 152 valence electrons. The first-order valence-electron chi connectivity index (χ1n) is 9.48. The lowest BCUT2D eigenvalue weighted by Gasteiger charge is -2.24. The summed E-state index contributed by atoms with van der Waals surface area (Å²) >= 11 is 0. The zero-order valence-electron chi connectivity index (χ0n) is 16.8. The molecule has 1 unspecified atom stereocenters. The highest BCUT2D eigenvalue weighted by Crippen LogP contribution is 2.23. The molecule has 1 fully saturated rings. The van der Waals surface area contributed by atoms with Crippen molar-refractivity contribution in [1.82, 2.24) is 10.6 Å². The van der Waals surface area contributed by atoms with Crippen LogP contribution in [0.15, 0.2) is 29.3 Å². The van der Waals surface area contributed by atoms with Crippen LogP contribution in [-0.2, 0) is 16.1 Å². The third-order valence-corrected chi connectivity index (χ3v) is 4.44. The number of halogens is 1. The molecule has 1 aliphatic heterocycles. The maximum atomic E-state index is 11.7. The number of benzene rings is 1. The van der Waals surface area contributed by atoms with Gasteiger partial charge in [0.15, 0.2) is 5.96 Å². The molecular weight excluding hydrogens is 455 g/mol. The first kappa shape index (κ1) is 23.7. The minimum Gasteiger partial charge on any atom is -0.373 e. The Balaban J connectivity index is 0.00000364. The summed E-state index contributed by atoms with van der Waals surface area (Å²) in [5.41, 5.74) is 1.80. The van der Waals surface area contributed by atoms with E-state index < -0.39 is 0 Å². The second-order valence-electron chi connectivity index (χ2n) is 7.29. The van der Waals surface area contributed by atoms with Crippen LogP contribution in [0.2, 0.25) is 0 Å². The van der Waals surface area contributed by atoms with Gasteiger partial charge in [0.25, 0.3) is 0 Å². The van der Waals surface area contributed by atoms with Crippen LogP contribution in [-0.4, -0.2) is 37.2 Å². The molecule has 0 aromatic heterocycles. The maximum Gasteiger partial charge on any atom is 0.226 e. The Labute approximate surface area is 179 Å². The smallest absolute Gasteiger partial charge is 0.226 e. The number of nitrogens with zero attached hydrogens (tertiary/aromatic N) is 1. The summed E-state index contributed by atoms with van der Waals surface area (Å²) in [5, 5.41) is 9.55. The molecule has 0 radical (unpaired) electrons. The van der Waals surface area contributed by atoms with Crippen molar-refractivity contribution >= 4 is 41.5 Å². The average molecular weight is 488 g/mol. The van der Waals surface area contributed by atoms with Gasteiger partial charge in [0.1, 0.15) is 0 Å². The van der Waals surface area contributed by atoms with Crippen molar-refractivity contribution in [3.8, 4) is 0 Å². The van der Waals surface area contributed by atoms with E-state index in [2.05, 4.69) is 34.8 Å². The number of carbonyl (C=O) groups excluding carboxylic acids is 1. The Kier molecular flexibility index (Phi) is 10.1. The van der Waals surface area contributed by atoms with Gasteiger partial charge in [-0.05, 0) is 44.4 Å². The number of rotatable bonds is 7. The zero-order chi connectivity index (χ0) is 19.0. The zero-order valence-corrected chi connectivity index (χ0v) is 19.1. The van der Waals surface area contributed by atoms with E-state index in [4.69, 9.17) is 4.74 Å². The molecule has 3 N–H and O–H groups in total. The van der Waals surface area contributed by atoms with E-state index in [1.165, 1.54) is 0 Å². The van der Waals surface area contributed by atoms with Crippen LogP contribution >= 0.6 is 24.0 Å². The van der Waals surface area contributed by atoms with Crippen LogP contribution in [0, 0.1) is 5.92 Å². The highest BCUT2D eigenvalue weighted by Gasteiger charge is 2.29. The minimum atomic E-state index is -0.105. The second kappa shape index (κ2) is 11.5. The number of ether oxygens (including phenoxy) is 1. The monoisotopic (exact) mass is 488 g/mol. The standard InChI is InChI=1S/C20H32N4O2.HI/c1-5-21-19(23-14-20(4)11-6-12-26-20)22-13-16-7-9-17(10-8-16)24-18(25)15(2)3;/h7-10,15H,5-6,11-14H2,1-4H3,(H,24,25)(H2,21,22,23);1H. The lowest BCUT2D eigenvalue weighted by Crippen LogP contribution is -2.45. The van der Waals surface area contributed by atoms with Gasteiger partial charge in [-0.2, -0.15) is 0 Å². The molecule has 27 heavy (non-hydrogen) atoms. The first-order valence-corrected chi connectivity index (χ1v) is 9.48. The number of amides is 1. The lowest BCUT2D eigenvalue weighted by molar-refractivity contribution is -0.118. The topological polar surface area (TPSA) is 74.8 Å². The van der Waals surface area contributed by atoms with Crippen molar-refractivity contribution in [1.29, 1.82) is 0 Å². The predicted octanol–water partition coefficient (Wildman–Crippen LogP) is 3.52. The molecule has 1 heterocycles. The molecule has 0 saturated carbocycles. The number of aliphatic imine (C=N–C) groups is 1. The Bertz CT molecular complexity index is 611. The van der Waals surface area contributed by atoms with E-state index in [-0.39, 0.29) is 41.4 Å². The summed E-state index contributed by atoms with van der Waals surface area (Å²) < 4.78 is 5.81. The van der Waals surface area contributed by atoms with Crippen molar-refractivity contribution in [2.24, 2.45) is 10.9 Å². The molecule has 7 heteroatoms. The molecule has 1 atom stereocenters. The molecular formula is C20H33IN4O2. The van der Waals surface area contributed by atoms with Crippen LogP contribution in [0.25, 0.3) is 0 Å². The molecule has 1 amide bonds. The summed E-state index contributed by atoms with van der Waals surface area (Å²) in [6, 6.07) is 7.81. The van der Waals surface area contributed by atoms with E-state index >= 15 is 0 Å². The maximum absolute atomic E-state index is 11.7. The minimum absolute atomic E-state index is 0. The summed E-state index contributed by atoms with van der Waals surface area (Å²) in [4.78, 5) is 16.4. The fourth-order valence-corrected chi connectivity index (χ4v) is 2.74. The van der Waals surface area contributed by atoms with Crippen molar-refractivity contribution in [3.05, 3.63) is 29.8 Å². The largest absolute Gasteiger partial charge is 0.373 e. The average Bonchev–Trinajstić information content (AvgIpc) is 3.05. The number of carbonyl (C=O) groups is 1. The van der Waals surface area contributed by atoms with E-state index in [1.807, 2.05) is 38.1 Å². The third kappa shape index (κ3) is 8.04. The van der Waals surface area contributed by atoms with Gasteiger partial charge in [0, 0.05) is 31.3 Å². The van der Waals surface area contributed by atoms with Gasteiger partial charge in [-0.25, -0.2) is 4.99 Å². The van der Waals surface area contributed by atoms with Crippen molar-refractivity contribution in [3.63, 3.8) is 0 Å². The van der Waals surface area contributed by atoms with E-state index in [0.29, 0.717) is 6.54 Å². The molecule has 2 rings (SSSR count). The summed E-state index contributed by atoms with van der Waals surface area (Å²) in [6.07, 6.45) is 2.19. The molecule has 1 aliphatic rings. The first-order chi connectivity index (χ1) is 12.4. The quantitative estimate of drug-likeness (QED) is 0.312. The van der Waals surface area contributed by atoms with Crippen molar-refractivity contribution in [2.45, 2.75) is 52.7 Å². The number of guanidine groups is 1. The van der Waals surface area contributed by atoms with Gasteiger partial charge in [0.05, 0.1) is 12.1 Å². The molecule has 0 spiro atoms. The van der Waals surface area contributed by atoms with Crippen molar-refractivity contribution < 1.29 is 9.53 Å². The van der Waals surface area contributed by atoms with E-state index in [0.717, 1.165) is 49.7 Å². The van der Waals surface area contributed by atoms with Gasteiger partial charge in [0.2, 0.25) is 5.91 Å². The SMILES string of the molecule is CCNC(=NCc1ccc(NC(=O)C(C)C)cc1)NCC1(C)CCCO1.I. The Morgan fingerprint density at radius 3 is 2.52 bits per heavy atom. The normalized spacial score (nSPS) is 19.5. The van der Waals surface area contributed by atoms with Crippen LogP contribution in [0.1, 0.15) is 46.1 Å².